The molecule has 3 atom stereocenters. The van der Waals surface area contributed by atoms with E-state index in [0.29, 0.717) is 11.8 Å². The van der Waals surface area contributed by atoms with Crippen LogP contribution in [0.15, 0.2) is 0 Å². The highest BCUT2D eigenvalue weighted by Crippen LogP contribution is 2.34. The van der Waals surface area contributed by atoms with Gasteiger partial charge in [0.2, 0.25) is 0 Å². The molecule has 2 saturated carbocycles. The molecule has 102 valence electrons. The van der Waals surface area contributed by atoms with Crippen molar-refractivity contribution in [3.05, 3.63) is 0 Å². The van der Waals surface area contributed by atoms with Gasteiger partial charge >= 0.3 is 12.0 Å². The molecule has 3 unspecified atom stereocenters. The van der Waals surface area contributed by atoms with Gasteiger partial charge < -0.3 is 15.7 Å². The molecule has 0 saturated heterocycles. The second-order valence-electron chi connectivity index (χ2n) is 5.77. The summed E-state index contributed by atoms with van der Waals surface area (Å²) in [5.41, 5.74) is 0. The third-order valence-corrected chi connectivity index (χ3v) is 3.93. The van der Waals surface area contributed by atoms with Crippen molar-refractivity contribution in [2.45, 2.75) is 57.5 Å². The van der Waals surface area contributed by atoms with E-state index >= 15 is 0 Å². The van der Waals surface area contributed by atoms with Gasteiger partial charge in [0, 0.05) is 12.1 Å². The van der Waals surface area contributed by atoms with Crippen LogP contribution in [0, 0.1) is 11.8 Å². The summed E-state index contributed by atoms with van der Waals surface area (Å²) in [4.78, 5) is 22.6. The number of hydrogen-bond acceptors (Lipinski definition) is 2. The third kappa shape index (κ3) is 3.89. The molecule has 2 aliphatic carbocycles. The molecule has 5 nitrogen and oxygen atoms in total. The lowest BCUT2D eigenvalue weighted by molar-refractivity contribution is -0.137. The van der Waals surface area contributed by atoms with Crippen molar-refractivity contribution in [3.63, 3.8) is 0 Å². The number of carbonyl (C=O) groups is 2. The average molecular weight is 254 g/mol. The largest absolute Gasteiger partial charge is 0.481 e. The van der Waals surface area contributed by atoms with Crippen molar-refractivity contribution >= 4 is 12.0 Å². The summed E-state index contributed by atoms with van der Waals surface area (Å²) in [5, 5.41) is 14.6. The third-order valence-electron chi connectivity index (χ3n) is 3.93. The van der Waals surface area contributed by atoms with E-state index in [4.69, 9.17) is 5.11 Å². The Morgan fingerprint density at radius 3 is 2.50 bits per heavy atom. The van der Waals surface area contributed by atoms with Crippen molar-refractivity contribution in [2.24, 2.45) is 11.8 Å². The molecule has 2 fully saturated rings. The summed E-state index contributed by atoms with van der Waals surface area (Å²) in [6.07, 6.45) is 5.30. The molecule has 3 N–H and O–H groups in total. The number of urea groups is 1. The van der Waals surface area contributed by atoms with Crippen LogP contribution in [0.1, 0.15) is 45.4 Å². The zero-order chi connectivity index (χ0) is 13.1. The predicted octanol–water partition coefficient (Wildman–Crippen LogP) is 1.73. The lowest BCUT2D eigenvalue weighted by Crippen LogP contribution is -2.47. The van der Waals surface area contributed by atoms with Gasteiger partial charge in [0.25, 0.3) is 0 Å². The van der Waals surface area contributed by atoms with E-state index < -0.39 is 5.97 Å². The Hall–Kier alpha value is -1.26. The summed E-state index contributed by atoms with van der Waals surface area (Å²) in [5.74, 6) is 0.185. The molecular weight excluding hydrogens is 232 g/mol. The van der Waals surface area contributed by atoms with Crippen molar-refractivity contribution in [3.8, 4) is 0 Å². The van der Waals surface area contributed by atoms with E-state index in [0.717, 1.165) is 32.1 Å². The lowest BCUT2D eigenvalue weighted by Gasteiger charge is -2.19. The van der Waals surface area contributed by atoms with E-state index in [2.05, 4.69) is 17.6 Å². The second kappa shape index (κ2) is 5.59. The Morgan fingerprint density at radius 1 is 1.28 bits per heavy atom. The van der Waals surface area contributed by atoms with E-state index in [1.54, 1.807) is 0 Å². The smallest absolute Gasteiger partial charge is 0.315 e. The maximum Gasteiger partial charge on any atom is 0.315 e. The summed E-state index contributed by atoms with van der Waals surface area (Å²) in [6.45, 7) is 2.19. The molecule has 18 heavy (non-hydrogen) atoms. The number of carboxylic acid groups (broad SMARTS) is 1. The molecule has 0 spiro atoms. The van der Waals surface area contributed by atoms with Gasteiger partial charge in [-0.15, -0.1) is 0 Å². The first-order valence-electron chi connectivity index (χ1n) is 6.83. The first-order valence-corrected chi connectivity index (χ1v) is 6.83. The first kappa shape index (κ1) is 13.2. The number of hydrogen-bond donors (Lipinski definition) is 3. The molecule has 0 aromatic rings. The van der Waals surface area contributed by atoms with Crippen LogP contribution in [-0.4, -0.2) is 29.2 Å². The van der Waals surface area contributed by atoms with Gasteiger partial charge in [-0.3, -0.25) is 4.79 Å². The van der Waals surface area contributed by atoms with Gasteiger partial charge in [0.1, 0.15) is 0 Å². The quantitative estimate of drug-likeness (QED) is 0.699. The molecule has 0 aromatic carbocycles. The van der Waals surface area contributed by atoms with Crippen LogP contribution in [-0.2, 0) is 4.79 Å². The van der Waals surface area contributed by atoms with Gasteiger partial charge in [-0.25, -0.2) is 4.79 Å². The summed E-state index contributed by atoms with van der Waals surface area (Å²) < 4.78 is 0. The Morgan fingerprint density at radius 2 is 2.00 bits per heavy atom. The predicted molar refractivity (Wildman–Crippen MR) is 67.2 cm³/mol. The number of amides is 2. The lowest BCUT2D eigenvalue weighted by atomic mass is 10.1. The molecule has 2 amide bonds. The van der Waals surface area contributed by atoms with Crippen molar-refractivity contribution in [1.82, 2.24) is 10.6 Å². The summed E-state index contributed by atoms with van der Waals surface area (Å²) in [7, 11) is 0. The minimum Gasteiger partial charge on any atom is -0.481 e. The van der Waals surface area contributed by atoms with Gasteiger partial charge in [0.05, 0.1) is 6.42 Å². The van der Waals surface area contributed by atoms with Gasteiger partial charge in [-0.2, -0.15) is 0 Å². The fourth-order valence-electron chi connectivity index (χ4n) is 2.76. The van der Waals surface area contributed by atoms with Crippen LogP contribution < -0.4 is 10.6 Å². The van der Waals surface area contributed by atoms with Gasteiger partial charge in [-0.05, 0) is 43.9 Å². The minimum absolute atomic E-state index is 0.0269. The monoisotopic (exact) mass is 254 g/mol. The standard InChI is InChI=1S/C13H22N2O3/c1-8-2-5-10(6-8)14-13(18)15-11(7-12(16)17)9-3-4-9/h8-11H,2-7H2,1H3,(H,16,17)(H2,14,15,18). The molecule has 5 heteroatoms. The molecule has 2 aliphatic rings. The SMILES string of the molecule is CC1CCC(NC(=O)NC(CC(=O)O)C2CC2)C1. The first-order chi connectivity index (χ1) is 8.54. The Labute approximate surface area is 107 Å². The van der Waals surface area contributed by atoms with E-state index in [1.807, 2.05) is 0 Å². The maximum atomic E-state index is 11.8. The Bertz CT molecular complexity index is 328. The van der Waals surface area contributed by atoms with Crippen LogP contribution in [0.4, 0.5) is 4.79 Å². The fourth-order valence-corrected chi connectivity index (χ4v) is 2.76. The van der Waals surface area contributed by atoms with E-state index in [1.165, 1.54) is 0 Å². The number of rotatable bonds is 5. The van der Waals surface area contributed by atoms with Gasteiger partial charge in [-0.1, -0.05) is 6.92 Å². The van der Waals surface area contributed by atoms with Crippen molar-refractivity contribution in [1.29, 1.82) is 0 Å². The van der Waals surface area contributed by atoms with Crippen LogP contribution in [0.2, 0.25) is 0 Å². The summed E-state index contributed by atoms with van der Waals surface area (Å²) in [6, 6.07) is -0.154. The second-order valence-corrected chi connectivity index (χ2v) is 5.77. The molecule has 0 aromatic heterocycles. The van der Waals surface area contributed by atoms with Crippen molar-refractivity contribution < 1.29 is 14.7 Å². The van der Waals surface area contributed by atoms with Crippen LogP contribution >= 0.6 is 0 Å². The van der Waals surface area contributed by atoms with Crippen molar-refractivity contribution in [2.75, 3.05) is 0 Å². The topological polar surface area (TPSA) is 78.4 Å². The number of carboxylic acids is 1. The molecule has 0 bridgehead atoms. The highest BCUT2D eigenvalue weighted by atomic mass is 16.4. The molecule has 2 rings (SSSR count). The zero-order valence-corrected chi connectivity index (χ0v) is 10.8. The van der Waals surface area contributed by atoms with E-state index in [9.17, 15) is 9.59 Å². The number of nitrogens with one attached hydrogen (secondary N) is 2. The van der Waals surface area contributed by atoms with Crippen LogP contribution in [0.3, 0.4) is 0 Å². The molecule has 0 radical (unpaired) electrons. The van der Waals surface area contributed by atoms with E-state index in [-0.39, 0.29) is 24.5 Å². The maximum absolute atomic E-state index is 11.8. The Balaban J connectivity index is 1.76. The highest BCUT2D eigenvalue weighted by Gasteiger charge is 2.34. The number of aliphatic carboxylic acids is 1. The number of carbonyl (C=O) groups excluding carboxylic acids is 1. The Kier molecular flexibility index (Phi) is 4.09. The zero-order valence-electron chi connectivity index (χ0n) is 10.8. The fraction of sp³-hybridized carbons (Fsp3) is 0.846. The van der Waals surface area contributed by atoms with Gasteiger partial charge in [0.15, 0.2) is 0 Å². The molecule has 0 aliphatic heterocycles. The van der Waals surface area contributed by atoms with Crippen LogP contribution in [0.25, 0.3) is 0 Å². The van der Waals surface area contributed by atoms with Crippen LogP contribution in [0.5, 0.6) is 0 Å². The molecule has 0 heterocycles. The highest BCUT2D eigenvalue weighted by molar-refractivity contribution is 5.76. The normalized spacial score (nSPS) is 28.7. The minimum atomic E-state index is -0.846. The molecular formula is C13H22N2O3. The average Bonchev–Trinajstić information content (AvgIpc) is 3.02. The summed E-state index contributed by atoms with van der Waals surface area (Å²) >= 11 is 0.